The predicted molar refractivity (Wildman–Crippen MR) is 90.2 cm³/mol. The minimum Gasteiger partial charge on any atom is -0.328 e. The van der Waals surface area contributed by atoms with Gasteiger partial charge in [-0.1, -0.05) is 22.0 Å². The van der Waals surface area contributed by atoms with E-state index in [0.29, 0.717) is 15.9 Å². The van der Waals surface area contributed by atoms with Crippen LogP contribution in [0.1, 0.15) is 12.5 Å². The molecule has 7 heteroatoms. The third kappa shape index (κ3) is 4.58. The van der Waals surface area contributed by atoms with Gasteiger partial charge >= 0.3 is 0 Å². The number of dihydropyridines is 1. The third-order valence-corrected chi connectivity index (χ3v) is 4.10. The molecule has 1 aliphatic heterocycles. The molecule has 3 nitrogen and oxygen atoms in total. The number of carbonyl (C=O) groups excluding carboxylic acids is 1. The fraction of sp³-hybridized carbons (Fsp3) is 0.200. The van der Waals surface area contributed by atoms with Crippen LogP contribution in [-0.2, 0) is 4.79 Å². The molecule has 1 amide bonds. The lowest BCUT2D eigenvalue weighted by molar-refractivity contribution is -0.118. The number of amides is 1. The quantitative estimate of drug-likeness (QED) is 0.720. The maximum absolute atomic E-state index is 13.3. The van der Waals surface area contributed by atoms with Crippen LogP contribution in [0.2, 0.25) is 0 Å². The van der Waals surface area contributed by atoms with Crippen molar-refractivity contribution in [1.29, 1.82) is 0 Å². The number of allylic oxidation sites excluding steroid dienone is 1. The largest absolute Gasteiger partial charge is 0.328 e. The fourth-order valence-electron chi connectivity index (χ4n) is 2.00. The van der Waals surface area contributed by atoms with Crippen LogP contribution in [0.3, 0.4) is 0 Å². The average molecular weight is 434 g/mol. The Balaban J connectivity index is 2.43. The number of hydrogen-bond donors (Lipinski definition) is 1. The summed E-state index contributed by atoms with van der Waals surface area (Å²) in [6, 6.07) is 2.74. The van der Waals surface area contributed by atoms with Crippen LogP contribution in [-0.4, -0.2) is 21.4 Å². The second-order valence-electron chi connectivity index (χ2n) is 4.68. The number of benzene rings is 1. The topological polar surface area (TPSA) is 41.5 Å². The molecule has 2 atom stereocenters. The first-order chi connectivity index (χ1) is 10.3. The van der Waals surface area contributed by atoms with E-state index in [-0.39, 0.29) is 10.7 Å². The normalized spacial score (nSPS) is 21.5. The number of rotatable bonds is 3. The Morgan fingerprint density at radius 2 is 1.95 bits per heavy atom. The van der Waals surface area contributed by atoms with Gasteiger partial charge in [0.1, 0.15) is 22.3 Å². The van der Waals surface area contributed by atoms with Gasteiger partial charge in [0.05, 0.1) is 4.83 Å². The second kappa shape index (κ2) is 7.28. The molecule has 0 aromatic heterocycles. The van der Waals surface area contributed by atoms with Crippen molar-refractivity contribution < 1.29 is 13.6 Å². The highest BCUT2D eigenvalue weighted by Gasteiger charge is 2.24. The van der Waals surface area contributed by atoms with E-state index in [0.717, 1.165) is 6.07 Å². The molecule has 0 bridgehead atoms. The highest BCUT2D eigenvalue weighted by Crippen LogP contribution is 2.24. The molecule has 0 saturated heterocycles. The molecule has 1 aromatic rings. The molecule has 2 unspecified atom stereocenters. The lowest BCUT2D eigenvalue weighted by Crippen LogP contribution is -2.33. The highest BCUT2D eigenvalue weighted by atomic mass is 79.9. The van der Waals surface area contributed by atoms with Gasteiger partial charge in [-0.2, -0.15) is 0 Å². The number of aliphatic imine (C=N–C) groups is 1. The van der Waals surface area contributed by atoms with Gasteiger partial charge in [0.15, 0.2) is 0 Å². The van der Waals surface area contributed by atoms with E-state index >= 15 is 0 Å². The summed E-state index contributed by atoms with van der Waals surface area (Å²) in [5.41, 5.74) is 0.752. The molecule has 116 valence electrons. The Hall–Kier alpha value is -1.34. The van der Waals surface area contributed by atoms with Crippen molar-refractivity contribution in [3.05, 3.63) is 53.2 Å². The van der Waals surface area contributed by atoms with Crippen LogP contribution in [0.15, 0.2) is 41.0 Å². The Kier molecular flexibility index (Phi) is 5.63. The van der Waals surface area contributed by atoms with Gasteiger partial charge in [0, 0.05) is 18.7 Å². The van der Waals surface area contributed by atoms with Crippen LogP contribution in [0, 0.1) is 11.6 Å². The van der Waals surface area contributed by atoms with Crippen molar-refractivity contribution >= 4 is 48.5 Å². The Labute approximate surface area is 143 Å². The fourth-order valence-corrected chi connectivity index (χ4v) is 2.93. The zero-order valence-electron chi connectivity index (χ0n) is 11.5. The SMILES string of the molecule is CC(=O)N/C(=C\c1cc(F)cc(F)c1)C1N=C(Br)C=CC1Br. The molecule has 0 saturated carbocycles. The van der Waals surface area contributed by atoms with Gasteiger partial charge < -0.3 is 5.32 Å². The summed E-state index contributed by atoms with van der Waals surface area (Å²) in [6.45, 7) is 1.36. The van der Waals surface area contributed by atoms with Crippen LogP contribution in [0.25, 0.3) is 6.08 Å². The minimum atomic E-state index is -0.683. The Morgan fingerprint density at radius 1 is 1.32 bits per heavy atom. The van der Waals surface area contributed by atoms with Crippen LogP contribution < -0.4 is 5.32 Å². The Bertz CT molecular complexity index is 666. The molecule has 2 rings (SSSR count). The first-order valence-corrected chi connectivity index (χ1v) is 8.07. The van der Waals surface area contributed by atoms with Crippen molar-refractivity contribution in [2.24, 2.45) is 4.99 Å². The van der Waals surface area contributed by atoms with E-state index in [4.69, 9.17) is 0 Å². The zero-order valence-corrected chi connectivity index (χ0v) is 14.7. The second-order valence-corrected chi connectivity index (χ2v) is 6.55. The van der Waals surface area contributed by atoms with E-state index in [1.54, 1.807) is 6.08 Å². The van der Waals surface area contributed by atoms with Gasteiger partial charge in [0.2, 0.25) is 5.91 Å². The van der Waals surface area contributed by atoms with E-state index in [1.165, 1.54) is 25.1 Å². The summed E-state index contributed by atoms with van der Waals surface area (Å²) < 4.78 is 27.2. The van der Waals surface area contributed by atoms with Crippen LogP contribution >= 0.6 is 31.9 Å². The van der Waals surface area contributed by atoms with Gasteiger partial charge in [-0.15, -0.1) is 0 Å². The number of nitrogens with zero attached hydrogens (tertiary/aromatic N) is 1. The molecule has 0 radical (unpaired) electrons. The molecule has 0 aliphatic carbocycles. The van der Waals surface area contributed by atoms with Gasteiger partial charge in [-0.25, -0.2) is 8.78 Å². The molecule has 1 aromatic carbocycles. The third-order valence-electron chi connectivity index (χ3n) is 2.83. The number of alkyl halides is 1. The van der Waals surface area contributed by atoms with Crippen molar-refractivity contribution in [3.63, 3.8) is 0 Å². The first-order valence-electron chi connectivity index (χ1n) is 6.36. The minimum absolute atomic E-state index is 0.148. The number of nitrogens with one attached hydrogen (secondary N) is 1. The summed E-state index contributed by atoms with van der Waals surface area (Å²) in [7, 11) is 0. The average Bonchev–Trinajstić information content (AvgIpc) is 2.39. The van der Waals surface area contributed by atoms with E-state index in [2.05, 4.69) is 42.2 Å². The standard InChI is InChI=1S/C15H12Br2F2N2O/c1-8(22)20-13(15-12(16)2-3-14(17)21-15)6-9-4-10(18)7-11(19)5-9/h2-7,12,15H,1H3,(H,20,22)/b13-6-. The molecule has 0 fully saturated rings. The summed E-state index contributed by atoms with van der Waals surface area (Å²) in [5.74, 6) is -1.65. The lowest BCUT2D eigenvalue weighted by Gasteiger charge is -2.23. The van der Waals surface area contributed by atoms with Crippen molar-refractivity contribution in [1.82, 2.24) is 5.32 Å². The van der Waals surface area contributed by atoms with Crippen LogP contribution in [0.4, 0.5) is 8.78 Å². The summed E-state index contributed by atoms with van der Waals surface area (Å²) in [6.07, 6.45) is 5.15. The summed E-state index contributed by atoms with van der Waals surface area (Å²) in [5, 5.41) is 2.67. The number of carbonyl (C=O) groups is 1. The van der Waals surface area contributed by atoms with E-state index in [9.17, 15) is 13.6 Å². The van der Waals surface area contributed by atoms with Crippen LogP contribution in [0.5, 0.6) is 0 Å². The molecule has 22 heavy (non-hydrogen) atoms. The number of halogens is 4. The van der Waals surface area contributed by atoms with Gasteiger partial charge in [-0.3, -0.25) is 9.79 Å². The maximum Gasteiger partial charge on any atom is 0.221 e. The Morgan fingerprint density at radius 3 is 2.55 bits per heavy atom. The van der Waals surface area contributed by atoms with Crippen molar-refractivity contribution in [2.45, 2.75) is 17.8 Å². The molecule has 0 spiro atoms. The van der Waals surface area contributed by atoms with Gasteiger partial charge in [0.25, 0.3) is 0 Å². The molecular formula is C15H12Br2F2N2O. The smallest absolute Gasteiger partial charge is 0.221 e. The number of hydrogen-bond acceptors (Lipinski definition) is 2. The lowest BCUT2D eigenvalue weighted by atomic mass is 10.1. The summed E-state index contributed by atoms with van der Waals surface area (Å²) >= 11 is 6.74. The summed E-state index contributed by atoms with van der Waals surface area (Å²) in [4.78, 5) is 15.7. The first kappa shape index (κ1) is 17.0. The molecule has 1 heterocycles. The van der Waals surface area contributed by atoms with Crippen molar-refractivity contribution in [2.75, 3.05) is 0 Å². The van der Waals surface area contributed by atoms with E-state index in [1.807, 2.05) is 6.08 Å². The molecule has 1 N–H and O–H groups in total. The molecule has 1 aliphatic rings. The zero-order chi connectivity index (χ0) is 16.3. The van der Waals surface area contributed by atoms with Gasteiger partial charge in [-0.05, 0) is 45.8 Å². The molecular weight excluding hydrogens is 422 g/mol. The van der Waals surface area contributed by atoms with E-state index < -0.39 is 17.7 Å². The highest BCUT2D eigenvalue weighted by molar-refractivity contribution is 9.18. The monoisotopic (exact) mass is 432 g/mol. The van der Waals surface area contributed by atoms with Crippen molar-refractivity contribution in [3.8, 4) is 0 Å². The maximum atomic E-state index is 13.3. The predicted octanol–water partition coefficient (Wildman–Crippen LogP) is 3.94.